The predicted molar refractivity (Wildman–Crippen MR) is 162 cm³/mol. The topological polar surface area (TPSA) is 180 Å². The fraction of sp³-hybridized carbons (Fsp3) is 0.448. The zero-order valence-corrected chi connectivity index (χ0v) is 26.0. The van der Waals surface area contributed by atoms with Crippen molar-refractivity contribution in [1.82, 2.24) is 4.90 Å². The van der Waals surface area contributed by atoms with Gasteiger partial charge >= 0.3 is 5.97 Å². The Balaban J connectivity index is 0.00000420. The zero-order valence-electron chi connectivity index (χ0n) is 24.3. The van der Waals surface area contributed by atoms with E-state index < -0.39 is 34.8 Å². The molecule has 3 rings (SSSR count). The Morgan fingerprint density at radius 3 is 1.95 bits per heavy atom. The van der Waals surface area contributed by atoms with Gasteiger partial charge in [-0.25, -0.2) is 4.79 Å². The summed E-state index contributed by atoms with van der Waals surface area (Å²) in [6, 6.07) is 3.77. The van der Waals surface area contributed by atoms with Crippen LogP contribution in [0.1, 0.15) is 97.5 Å². The first-order chi connectivity index (χ1) is 17.9. The fourth-order valence-corrected chi connectivity index (χ4v) is 4.85. The second kappa shape index (κ2) is 12.7. The smallest absolute Gasteiger partial charge is 0.339 e. The Bertz CT molecular complexity index is 1330. The van der Waals surface area contributed by atoms with Gasteiger partial charge in [0.2, 0.25) is 5.91 Å². The number of ketones is 1. The number of aromatic hydroxyl groups is 1. The molecule has 0 aromatic heterocycles. The summed E-state index contributed by atoms with van der Waals surface area (Å²) in [6.45, 7) is 13.2. The van der Waals surface area contributed by atoms with E-state index in [0.717, 1.165) is 0 Å². The van der Waals surface area contributed by atoms with Gasteiger partial charge in [-0.05, 0) is 47.6 Å². The SMILES string of the molecule is CCOc1cc2c(cc1C(=O)O)C(=N)N(CC(=O)c1cc(C(C)(C)C)c(O)c(C(C)(C)C)c1)C2C(N)C(N)=O.Cl.Cl. The maximum Gasteiger partial charge on any atom is 0.339 e. The Labute approximate surface area is 252 Å². The number of Topliss-reactive ketones (excluding diaryl/α,β-unsaturated/α-hetero) is 1. The molecule has 0 radical (unpaired) electrons. The molecule has 2 unspecified atom stereocenters. The van der Waals surface area contributed by atoms with Crippen molar-refractivity contribution in [3.05, 3.63) is 57.6 Å². The van der Waals surface area contributed by atoms with Crippen molar-refractivity contribution in [2.24, 2.45) is 11.5 Å². The van der Waals surface area contributed by atoms with E-state index in [0.29, 0.717) is 22.3 Å². The minimum absolute atomic E-state index is 0. The highest BCUT2D eigenvalue weighted by molar-refractivity contribution is 6.08. The Kier molecular flexibility index (Phi) is 11.0. The number of carboxylic acids is 1. The average molecular weight is 612 g/mol. The van der Waals surface area contributed by atoms with Gasteiger partial charge in [-0.2, -0.15) is 0 Å². The van der Waals surface area contributed by atoms with Crippen LogP contribution in [0.15, 0.2) is 24.3 Å². The summed E-state index contributed by atoms with van der Waals surface area (Å²) in [7, 11) is 0. The van der Waals surface area contributed by atoms with Gasteiger partial charge in [0.25, 0.3) is 0 Å². The third-order valence-corrected chi connectivity index (χ3v) is 6.91. The number of carbonyl (C=O) groups excluding carboxylic acids is 2. The molecule has 1 aliphatic heterocycles. The highest BCUT2D eigenvalue weighted by atomic mass is 35.5. The van der Waals surface area contributed by atoms with Gasteiger partial charge in [0.1, 0.15) is 28.9 Å². The lowest BCUT2D eigenvalue weighted by Gasteiger charge is -2.30. The molecule has 2 aromatic rings. The van der Waals surface area contributed by atoms with Crippen LogP contribution < -0.4 is 16.2 Å². The van der Waals surface area contributed by atoms with Gasteiger partial charge in [0.05, 0.1) is 19.2 Å². The van der Waals surface area contributed by atoms with Gasteiger partial charge in [-0.3, -0.25) is 15.0 Å². The number of amidine groups is 1. The van der Waals surface area contributed by atoms with Crippen LogP contribution in [0.3, 0.4) is 0 Å². The van der Waals surface area contributed by atoms with Crippen molar-refractivity contribution in [1.29, 1.82) is 5.41 Å². The number of fused-ring (bicyclic) bond motifs is 1. The van der Waals surface area contributed by atoms with E-state index in [1.165, 1.54) is 17.0 Å². The monoisotopic (exact) mass is 610 g/mol. The van der Waals surface area contributed by atoms with Crippen LogP contribution in [-0.4, -0.2) is 57.8 Å². The van der Waals surface area contributed by atoms with Crippen LogP contribution in [0.4, 0.5) is 0 Å². The third kappa shape index (κ3) is 6.94. The first-order valence-corrected chi connectivity index (χ1v) is 12.8. The zero-order chi connectivity index (χ0) is 29.6. The fourth-order valence-electron chi connectivity index (χ4n) is 4.85. The molecule has 226 valence electrons. The minimum Gasteiger partial charge on any atom is -0.507 e. The number of primary amides is 1. The molecule has 12 heteroatoms. The maximum absolute atomic E-state index is 13.8. The van der Waals surface area contributed by atoms with Crippen molar-refractivity contribution >= 4 is 48.3 Å². The Hall–Kier alpha value is -3.34. The number of carbonyl (C=O) groups is 3. The number of ether oxygens (including phenoxy) is 1. The lowest BCUT2D eigenvalue weighted by atomic mass is 9.78. The van der Waals surface area contributed by atoms with Gasteiger partial charge in [-0.1, -0.05) is 41.5 Å². The number of nitrogens with two attached hydrogens (primary N) is 2. The second-order valence-corrected chi connectivity index (χ2v) is 11.9. The average Bonchev–Trinajstić information content (AvgIpc) is 3.07. The summed E-state index contributed by atoms with van der Waals surface area (Å²) >= 11 is 0. The summed E-state index contributed by atoms with van der Waals surface area (Å²) in [4.78, 5) is 39.2. The van der Waals surface area contributed by atoms with E-state index in [1.54, 1.807) is 19.1 Å². The van der Waals surface area contributed by atoms with Crippen molar-refractivity contribution in [2.45, 2.75) is 71.4 Å². The molecule has 41 heavy (non-hydrogen) atoms. The molecule has 1 amide bonds. The second-order valence-electron chi connectivity index (χ2n) is 11.9. The molecule has 10 nitrogen and oxygen atoms in total. The Morgan fingerprint density at radius 1 is 1.02 bits per heavy atom. The Morgan fingerprint density at radius 2 is 1.54 bits per heavy atom. The van der Waals surface area contributed by atoms with Crippen molar-refractivity contribution in [2.75, 3.05) is 13.2 Å². The van der Waals surface area contributed by atoms with Gasteiger partial charge in [0.15, 0.2) is 5.78 Å². The molecule has 0 saturated heterocycles. The van der Waals surface area contributed by atoms with E-state index in [-0.39, 0.29) is 72.2 Å². The number of nitrogens with one attached hydrogen (secondary N) is 1. The number of nitrogens with zero attached hydrogens (tertiary/aromatic N) is 1. The predicted octanol–water partition coefficient (Wildman–Crippen LogP) is 4.31. The quantitative estimate of drug-likeness (QED) is 0.274. The maximum atomic E-state index is 13.8. The van der Waals surface area contributed by atoms with Crippen molar-refractivity contribution < 1.29 is 29.3 Å². The minimum atomic E-state index is -1.29. The van der Waals surface area contributed by atoms with Crippen molar-refractivity contribution in [3.8, 4) is 11.5 Å². The summed E-state index contributed by atoms with van der Waals surface area (Å²) in [5, 5.41) is 29.6. The van der Waals surface area contributed by atoms with Crippen LogP contribution in [0.2, 0.25) is 0 Å². The first kappa shape index (κ1) is 35.7. The molecule has 0 saturated carbocycles. The van der Waals surface area contributed by atoms with Crippen molar-refractivity contribution in [3.63, 3.8) is 0 Å². The molecule has 0 aliphatic carbocycles. The molecule has 1 heterocycles. The molecule has 0 spiro atoms. The largest absolute Gasteiger partial charge is 0.507 e. The van der Waals surface area contributed by atoms with Crippen LogP contribution in [0, 0.1) is 5.41 Å². The molecule has 7 N–H and O–H groups in total. The van der Waals surface area contributed by atoms with Crippen LogP contribution in [-0.2, 0) is 15.6 Å². The molecule has 0 bridgehead atoms. The summed E-state index contributed by atoms with van der Waals surface area (Å²) < 4.78 is 5.52. The number of hydrogen-bond donors (Lipinski definition) is 5. The van der Waals surface area contributed by atoms with Crippen LogP contribution >= 0.6 is 24.8 Å². The van der Waals surface area contributed by atoms with E-state index in [9.17, 15) is 24.6 Å². The molecule has 2 aromatic carbocycles. The number of phenolic OH excluding ortho intramolecular Hbond substituents is 1. The van der Waals surface area contributed by atoms with Gasteiger partial charge in [0, 0.05) is 22.3 Å². The molecular formula is C29H40Cl2N4O6. The molecule has 0 fully saturated rings. The lowest BCUT2D eigenvalue weighted by Crippen LogP contribution is -2.48. The number of aromatic carboxylic acids is 1. The van der Waals surface area contributed by atoms with Gasteiger partial charge < -0.3 is 31.3 Å². The first-order valence-electron chi connectivity index (χ1n) is 12.8. The number of carboxylic acid groups (broad SMARTS) is 1. The highest BCUT2D eigenvalue weighted by Crippen LogP contribution is 2.42. The number of phenols is 1. The van der Waals surface area contributed by atoms with Crippen LogP contribution in [0.25, 0.3) is 0 Å². The van der Waals surface area contributed by atoms with E-state index in [2.05, 4.69) is 0 Å². The standard InChI is InChI=1S/C29H38N4O6.2ClH/c1-8-39-21-12-15-16(11-17(21)27(37)38)25(31)33(23(15)22(30)26(32)36)13-20(34)14-9-18(28(2,3)4)24(35)19(10-14)29(5,6)7;;/h9-12,22-23,31,35H,8,13,30H2,1-7H3,(H2,32,36)(H,37,38);2*1H. The van der Waals surface area contributed by atoms with Gasteiger partial charge in [-0.15, -0.1) is 24.8 Å². The molecule has 2 atom stereocenters. The summed E-state index contributed by atoms with van der Waals surface area (Å²) in [5.41, 5.74) is 12.8. The normalized spacial score (nSPS) is 15.4. The van der Waals surface area contributed by atoms with E-state index in [4.69, 9.17) is 21.6 Å². The number of benzene rings is 2. The van der Waals surface area contributed by atoms with Crippen LogP contribution in [0.5, 0.6) is 11.5 Å². The highest BCUT2D eigenvalue weighted by Gasteiger charge is 2.42. The number of amides is 1. The molecule has 1 aliphatic rings. The summed E-state index contributed by atoms with van der Waals surface area (Å²) in [6.07, 6.45) is 0. The number of halogens is 2. The van der Waals surface area contributed by atoms with E-state index in [1.807, 2.05) is 41.5 Å². The lowest BCUT2D eigenvalue weighted by molar-refractivity contribution is -0.120. The number of hydrogen-bond acceptors (Lipinski definition) is 7. The number of rotatable bonds is 8. The third-order valence-electron chi connectivity index (χ3n) is 6.91. The molecular weight excluding hydrogens is 571 g/mol. The van der Waals surface area contributed by atoms with E-state index >= 15 is 0 Å². The summed E-state index contributed by atoms with van der Waals surface area (Å²) in [5.74, 6) is -2.41.